The Balaban J connectivity index is 1.71. The normalized spacial score (nSPS) is 10.6. The topological polar surface area (TPSA) is 30.5 Å². The van der Waals surface area contributed by atoms with Crippen molar-refractivity contribution < 1.29 is 9.47 Å². The zero-order valence-electron chi connectivity index (χ0n) is 15.6. The molecule has 28 heavy (non-hydrogen) atoms. The molecule has 0 bridgehead atoms. The van der Waals surface area contributed by atoms with Gasteiger partial charge in [-0.25, -0.2) is 0 Å². The van der Waals surface area contributed by atoms with Gasteiger partial charge in [0.05, 0.1) is 21.6 Å². The van der Waals surface area contributed by atoms with Crippen LogP contribution in [0.4, 0.5) is 5.69 Å². The molecular formula is C22H20BrCl2NO2. The van der Waals surface area contributed by atoms with Gasteiger partial charge in [0, 0.05) is 12.2 Å². The Morgan fingerprint density at radius 3 is 2.36 bits per heavy atom. The van der Waals surface area contributed by atoms with E-state index in [2.05, 4.69) is 52.4 Å². The second-order valence-electron chi connectivity index (χ2n) is 6.37. The van der Waals surface area contributed by atoms with Crippen molar-refractivity contribution in [3.8, 4) is 11.5 Å². The molecule has 1 N–H and O–H groups in total. The molecule has 0 aliphatic heterocycles. The predicted molar refractivity (Wildman–Crippen MR) is 120 cm³/mol. The van der Waals surface area contributed by atoms with E-state index in [1.165, 1.54) is 5.56 Å². The van der Waals surface area contributed by atoms with Crippen LogP contribution in [0, 0.1) is 6.92 Å². The summed E-state index contributed by atoms with van der Waals surface area (Å²) in [7, 11) is 1.64. The summed E-state index contributed by atoms with van der Waals surface area (Å²) in [6.07, 6.45) is 0. The SMILES string of the molecule is COc1cc(CNc2ccc(Cl)c(Cl)c2)cc(Br)c1OCc1ccc(C)cc1. The van der Waals surface area contributed by atoms with Gasteiger partial charge in [-0.3, -0.25) is 0 Å². The van der Waals surface area contributed by atoms with Gasteiger partial charge in [0.15, 0.2) is 11.5 Å². The Hall–Kier alpha value is -1.88. The summed E-state index contributed by atoms with van der Waals surface area (Å²) in [5.74, 6) is 1.36. The van der Waals surface area contributed by atoms with Crippen molar-refractivity contribution >= 4 is 44.8 Å². The van der Waals surface area contributed by atoms with Crippen molar-refractivity contribution in [2.24, 2.45) is 0 Å². The molecule has 0 saturated carbocycles. The summed E-state index contributed by atoms with van der Waals surface area (Å²) >= 11 is 15.6. The molecule has 0 atom stereocenters. The fourth-order valence-corrected chi connectivity index (χ4v) is 3.57. The molecule has 3 aromatic carbocycles. The first-order valence-electron chi connectivity index (χ1n) is 8.70. The molecule has 0 aromatic heterocycles. The fraction of sp³-hybridized carbons (Fsp3) is 0.182. The van der Waals surface area contributed by atoms with E-state index in [-0.39, 0.29) is 0 Å². The monoisotopic (exact) mass is 479 g/mol. The Labute approximate surface area is 183 Å². The molecular weight excluding hydrogens is 461 g/mol. The summed E-state index contributed by atoms with van der Waals surface area (Å²) in [5, 5.41) is 4.38. The van der Waals surface area contributed by atoms with Gasteiger partial charge in [-0.15, -0.1) is 0 Å². The van der Waals surface area contributed by atoms with E-state index >= 15 is 0 Å². The molecule has 0 spiro atoms. The van der Waals surface area contributed by atoms with Crippen LogP contribution in [0.2, 0.25) is 10.0 Å². The van der Waals surface area contributed by atoms with E-state index in [0.29, 0.717) is 34.7 Å². The molecule has 0 aliphatic rings. The number of halogens is 3. The minimum atomic E-state index is 0.468. The van der Waals surface area contributed by atoms with Crippen LogP contribution in [0.15, 0.2) is 59.1 Å². The summed E-state index contributed by atoms with van der Waals surface area (Å²) in [6, 6.07) is 17.7. The molecule has 0 aliphatic carbocycles. The lowest BCUT2D eigenvalue weighted by Gasteiger charge is -2.15. The van der Waals surface area contributed by atoms with Gasteiger partial charge in [0.2, 0.25) is 0 Å². The van der Waals surface area contributed by atoms with Gasteiger partial charge in [-0.05, 0) is 64.3 Å². The number of anilines is 1. The number of rotatable bonds is 7. The molecule has 0 amide bonds. The maximum atomic E-state index is 6.07. The first-order chi connectivity index (χ1) is 13.5. The molecule has 0 fully saturated rings. The zero-order chi connectivity index (χ0) is 20.1. The average molecular weight is 481 g/mol. The lowest BCUT2D eigenvalue weighted by molar-refractivity contribution is 0.282. The highest BCUT2D eigenvalue weighted by Gasteiger charge is 2.12. The fourth-order valence-electron chi connectivity index (χ4n) is 2.67. The van der Waals surface area contributed by atoms with E-state index in [4.69, 9.17) is 32.7 Å². The summed E-state index contributed by atoms with van der Waals surface area (Å²) < 4.78 is 12.4. The smallest absolute Gasteiger partial charge is 0.175 e. The van der Waals surface area contributed by atoms with Crippen LogP contribution >= 0.6 is 39.1 Å². The third-order valence-electron chi connectivity index (χ3n) is 4.21. The third-order valence-corrected chi connectivity index (χ3v) is 5.54. The Bertz CT molecular complexity index is 961. The molecule has 0 unspecified atom stereocenters. The molecule has 3 nitrogen and oxygen atoms in total. The van der Waals surface area contributed by atoms with Crippen LogP contribution in [-0.4, -0.2) is 7.11 Å². The van der Waals surface area contributed by atoms with Gasteiger partial charge in [-0.1, -0.05) is 53.0 Å². The predicted octanol–water partition coefficient (Wildman–Crippen LogP) is 7.26. The highest BCUT2D eigenvalue weighted by Crippen LogP contribution is 2.37. The first kappa shape index (κ1) is 20.8. The first-order valence-corrected chi connectivity index (χ1v) is 10.2. The van der Waals surface area contributed by atoms with E-state index < -0.39 is 0 Å². The third kappa shape index (κ3) is 5.34. The lowest BCUT2D eigenvalue weighted by atomic mass is 10.1. The molecule has 6 heteroatoms. The number of aryl methyl sites for hydroxylation is 1. The van der Waals surface area contributed by atoms with Gasteiger partial charge in [0.1, 0.15) is 6.61 Å². The van der Waals surface area contributed by atoms with Gasteiger partial charge in [0.25, 0.3) is 0 Å². The summed E-state index contributed by atoms with van der Waals surface area (Å²) in [6.45, 7) is 3.14. The second-order valence-corrected chi connectivity index (χ2v) is 8.03. The van der Waals surface area contributed by atoms with E-state index in [9.17, 15) is 0 Å². The van der Waals surface area contributed by atoms with Gasteiger partial charge < -0.3 is 14.8 Å². The summed E-state index contributed by atoms with van der Waals surface area (Å²) in [5.41, 5.74) is 4.26. The van der Waals surface area contributed by atoms with Crippen LogP contribution in [0.5, 0.6) is 11.5 Å². The van der Waals surface area contributed by atoms with Crippen molar-refractivity contribution in [1.82, 2.24) is 0 Å². The quantitative estimate of drug-likeness (QED) is 0.385. The van der Waals surface area contributed by atoms with Crippen molar-refractivity contribution in [2.75, 3.05) is 12.4 Å². The molecule has 0 heterocycles. The molecule has 3 aromatic rings. The maximum Gasteiger partial charge on any atom is 0.175 e. The number of methoxy groups -OCH3 is 1. The van der Waals surface area contributed by atoms with Crippen LogP contribution in [0.3, 0.4) is 0 Å². The number of hydrogen-bond acceptors (Lipinski definition) is 3. The Morgan fingerprint density at radius 1 is 0.929 bits per heavy atom. The van der Waals surface area contributed by atoms with Crippen LogP contribution in [0.1, 0.15) is 16.7 Å². The van der Waals surface area contributed by atoms with Gasteiger partial charge in [-0.2, -0.15) is 0 Å². The summed E-state index contributed by atoms with van der Waals surface area (Å²) in [4.78, 5) is 0. The van der Waals surface area contributed by atoms with Crippen LogP contribution in [-0.2, 0) is 13.2 Å². The number of ether oxygens (including phenoxy) is 2. The van der Waals surface area contributed by atoms with Crippen molar-refractivity contribution in [2.45, 2.75) is 20.1 Å². The van der Waals surface area contributed by atoms with Crippen LogP contribution in [0.25, 0.3) is 0 Å². The highest BCUT2D eigenvalue weighted by molar-refractivity contribution is 9.10. The molecule has 3 rings (SSSR count). The maximum absolute atomic E-state index is 6.07. The average Bonchev–Trinajstić information content (AvgIpc) is 2.69. The van der Waals surface area contributed by atoms with Crippen molar-refractivity contribution in [3.63, 3.8) is 0 Å². The Morgan fingerprint density at radius 2 is 1.68 bits per heavy atom. The number of benzene rings is 3. The molecule has 0 saturated heterocycles. The number of hydrogen-bond donors (Lipinski definition) is 1. The van der Waals surface area contributed by atoms with E-state index in [1.54, 1.807) is 19.2 Å². The van der Waals surface area contributed by atoms with E-state index in [1.807, 2.05) is 18.2 Å². The zero-order valence-corrected chi connectivity index (χ0v) is 18.7. The molecule has 146 valence electrons. The van der Waals surface area contributed by atoms with E-state index in [0.717, 1.165) is 21.3 Å². The lowest BCUT2D eigenvalue weighted by Crippen LogP contribution is -2.03. The largest absolute Gasteiger partial charge is 0.493 e. The second kappa shape index (κ2) is 9.55. The van der Waals surface area contributed by atoms with Crippen molar-refractivity contribution in [3.05, 3.63) is 85.8 Å². The molecule has 0 radical (unpaired) electrons. The minimum absolute atomic E-state index is 0.468. The number of nitrogens with one attached hydrogen (secondary N) is 1. The van der Waals surface area contributed by atoms with Crippen molar-refractivity contribution in [1.29, 1.82) is 0 Å². The van der Waals surface area contributed by atoms with Gasteiger partial charge >= 0.3 is 0 Å². The minimum Gasteiger partial charge on any atom is -0.493 e. The Kier molecular flexibility index (Phi) is 7.11. The standard InChI is InChI=1S/C22H20BrCl2NO2/c1-14-3-5-15(6-4-14)13-28-22-18(23)9-16(10-21(22)27-2)12-26-17-7-8-19(24)20(25)11-17/h3-11,26H,12-13H2,1-2H3. The highest BCUT2D eigenvalue weighted by atomic mass is 79.9. The van der Waals surface area contributed by atoms with Crippen LogP contribution < -0.4 is 14.8 Å².